The number of hydrogen-bond acceptors (Lipinski definition) is 7. The normalized spacial score (nSPS) is 27.3. The highest BCUT2D eigenvalue weighted by atomic mass is 32.2. The second-order valence-corrected chi connectivity index (χ2v) is 8.45. The van der Waals surface area contributed by atoms with Gasteiger partial charge >= 0.3 is 5.97 Å². The molecule has 2 unspecified atom stereocenters. The largest absolute Gasteiger partial charge is 0.428 e. The van der Waals surface area contributed by atoms with Crippen molar-refractivity contribution in [3.8, 4) is 0 Å². The molecule has 10 nitrogen and oxygen atoms in total. The van der Waals surface area contributed by atoms with E-state index in [9.17, 15) is 18.9 Å². The molecule has 4 N–H and O–H groups in total. The molecule has 2 aliphatic rings. The van der Waals surface area contributed by atoms with E-state index < -0.39 is 29.3 Å². The molecule has 13 heteroatoms. The number of β-lactam (4-membered cyclic amide) rings is 1. The number of aliphatic hydroxyl groups excluding tert-OH is 1. The van der Waals surface area contributed by atoms with Crippen LogP contribution in [0.5, 0.6) is 0 Å². The third-order valence-electron chi connectivity index (χ3n) is 4.91. The molecule has 27 heavy (non-hydrogen) atoms. The van der Waals surface area contributed by atoms with Crippen molar-refractivity contribution in [2.45, 2.75) is 26.0 Å². The van der Waals surface area contributed by atoms with E-state index in [1.807, 2.05) is 18.9 Å². The Morgan fingerprint density at radius 2 is 2.22 bits per heavy atom. The number of likely N-dealkylation sites (N-methyl/N-ethyl adjacent to an activating group) is 1. The quantitative estimate of drug-likeness (QED) is 0.137. The summed E-state index contributed by atoms with van der Waals surface area (Å²) in [6.07, 6.45) is -0.793. The maximum atomic E-state index is 12.6. The first-order valence-corrected chi connectivity index (χ1v) is 10.6. The van der Waals surface area contributed by atoms with Crippen molar-refractivity contribution in [1.82, 2.24) is 19.5 Å². The van der Waals surface area contributed by atoms with Gasteiger partial charge in [0, 0.05) is 25.6 Å². The minimum absolute atomic E-state index is 0.106. The van der Waals surface area contributed by atoms with Crippen LogP contribution in [0, 0.1) is 11.8 Å². The minimum Gasteiger partial charge on any atom is -0.428 e. The number of nitrogens with zero attached hydrogens (tertiary/aromatic N) is 2. The number of carbonyl (C=O) groups excluding carboxylic acids is 2. The molecule has 0 aliphatic carbocycles. The van der Waals surface area contributed by atoms with Crippen LogP contribution in [0.15, 0.2) is 11.3 Å². The molecule has 0 aromatic rings. The van der Waals surface area contributed by atoms with Crippen LogP contribution in [-0.2, 0) is 25.4 Å². The lowest BCUT2D eigenvalue weighted by molar-refractivity contribution is -0.162. The molecular weight excluding hydrogens is 394 g/mol. The van der Waals surface area contributed by atoms with Gasteiger partial charge in [0.1, 0.15) is 14.7 Å². The summed E-state index contributed by atoms with van der Waals surface area (Å²) in [4.78, 5) is 31.2. The first kappa shape index (κ1) is 22.4. The molecule has 0 spiro atoms. The third-order valence-corrected chi connectivity index (χ3v) is 5.86. The lowest BCUT2D eigenvalue weighted by atomic mass is 9.77. The molecule has 1 fully saturated rings. The number of aliphatic hydroxyl groups is 1. The highest BCUT2D eigenvalue weighted by Gasteiger charge is 2.59. The van der Waals surface area contributed by atoms with Crippen molar-refractivity contribution in [2.24, 2.45) is 11.8 Å². The van der Waals surface area contributed by atoms with Crippen LogP contribution in [0.2, 0.25) is 0 Å². The van der Waals surface area contributed by atoms with E-state index in [1.54, 1.807) is 14.9 Å². The van der Waals surface area contributed by atoms with Crippen molar-refractivity contribution in [3.63, 3.8) is 0 Å². The lowest BCUT2D eigenvalue weighted by Crippen LogP contribution is -2.63. The summed E-state index contributed by atoms with van der Waals surface area (Å²) < 4.78 is 27.1. The molecule has 1 amide bonds. The summed E-state index contributed by atoms with van der Waals surface area (Å²) in [5, 5.41) is 9.95. The predicted octanol–water partition coefficient (Wildman–Crippen LogP) is -2.05. The maximum absolute atomic E-state index is 12.6. The van der Waals surface area contributed by atoms with Crippen molar-refractivity contribution in [1.29, 1.82) is 0 Å². The number of hydrogen-bond donors (Lipinski definition) is 4. The molecule has 2 aliphatic heterocycles. The fourth-order valence-electron chi connectivity index (χ4n) is 3.68. The van der Waals surface area contributed by atoms with Gasteiger partial charge in [-0.3, -0.25) is 9.35 Å². The first-order valence-electron chi connectivity index (χ1n) is 8.60. The van der Waals surface area contributed by atoms with Gasteiger partial charge < -0.3 is 24.4 Å². The number of rotatable bonds is 10. The Bertz CT molecular complexity index is 651. The van der Waals surface area contributed by atoms with Crippen molar-refractivity contribution >= 4 is 40.1 Å². The standard InChI is InChI=1S/C14H26BN4O6PS/c1-7-9(6-18(3)5-4-16-27(23)24)12(14(22)25-26-17-15)19-11(7)10(8(2)20)13(19)21/h7-8,10-11,16-17,20,26H,4-6,15H2,1-3H3,(H,23,24)/t7-,8+,10+,11+/m0/s1. The average molecular weight is 420 g/mol. The third kappa shape index (κ3) is 4.76. The van der Waals surface area contributed by atoms with Gasteiger partial charge in [-0.05, 0) is 19.5 Å². The summed E-state index contributed by atoms with van der Waals surface area (Å²) in [7, 11) is 3.26. The molecule has 0 radical (unpaired) electrons. The fraction of sp³-hybridized carbons (Fsp3) is 0.714. The van der Waals surface area contributed by atoms with Crippen LogP contribution in [0.3, 0.4) is 0 Å². The summed E-state index contributed by atoms with van der Waals surface area (Å²) in [6, 6.07) is -0.260. The Balaban J connectivity index is 2.20. The van der Waals surface area contributed by atoms with Crippen LogP contribution in [0.25, 0.3) is 0 Å². The maximum Gasteiger partial charge on any atom is 0.358 e. The number of amides is 1. The highest BCUT2D eigenvalue weighted by Crippen LogP contribution is 2.47. The second kappa shape index (κ2) is 9.55. The average Bonchev–Trinajstić information content (AvgIpc) is 2.81. The number of carbonyl (C=O) groups is 2. The Morgan fingerprint density at radius 3 is 2.78 bits per heavy atom. The Labute approximate surface area is 163 Å². The van der Waals surface area contributed by atoms with Gasteiger partial charge in [-0.1, -0.05) is 6.92 Å². The Morgan fingerprint density at radius 1 is 1.56 bits per heavy atom. The van der Waals surface area contributed by atoms with E-state index in [1.165, 1.54) is 4.90 Å². The van der Waals surface area contributed by atoms with Crippen LogP contribution in [0.1, 0.15) is 13.8 Å². The van der Waals surface area contributed by atoms with Gasteiger partial charge in [-0.15, -0.1) is 0 Å². The molecule has 6 atom stereocenters. The van der Waals surface area contributed by atoms with Gasteiger partial charge in [0.15, 0.2) is 7.98 Å². The Hall–Kier alpha value is -0.875. The molecule has 2 heterocycles. The van der Waals surface area contributed by atoms with E-state index in [-0.39, 0.29) is 32.5 Å². The van der Waals surface area contributed by atoms with Gasteiger partial charge in [0.05, 0.1) is 18.1 Å². The van der Waals surface area contributed by atoms with Crippen LogP contribution < -0.4 is 9.72 Å². The number of fused-ring (bicyclic) bond motifs is 1. The van der Waals surface area contributed by atoms with Crippen molar-refractivity contribution in [2.75, 3.05) is 26.7 Å². The molecule has 1 saturated heterocycles. The van der Waals surface area contributed by atoms with E-state index in [2.05, 4.69) is 9.72 Å². The molecule has 0 saturated carbocycles. The van der Waals surface area contributed by atoms with Gasteiger partial charge in [-0.25, -0.2) is 13.7 Å². The van der Waals surface area contributed by atoms with E-state index in [0.717, 1.165) is 5.57 Å². The van der Waals surface area contributed by atoms with Crippen molar-refractivity contribution < 1.29 is 28.0 Å². The van der Waals surface area contributed by atoms with Crippen molar-refractivity contribution in [3.05, 3.63) is 11.3 Å². The van der Waals surface area contributed by atoms with Crippen LogP contribution in [-0.4, -0.2) is 82.4 Å². The second-order valence-electron chi connectivity index (χ2n) is 6.75. The molecule has 0 aromatic carbocycles. The fourth-order valence-corrected chi connectivity index (χ4v) is 4.24. The zero-order valence-corrected chi connectivity index (χ0v) is 17.6. The van der Waals surface area contributed by atoms with E-state index in [0.29, 0.717) is 19.6 Å². The molecule has 0 bridgehead atoms. The predicted molar refractivity (Wildman–Crippen MR) is 104 cm³/mol. The lowest BCUT2D eigenvalue weighted by Gasteiger charge is -2.46. The zero-order chi connectivity index (χ0) is 20.3. The summed E-state index contributed by atoms with van der Waals surface area (Å²) in [5.41, 5.74) is 1.03. The highest BCUT2D eigenvalue weighted by molar-refractivity contribution is 7.77. The van der Waals surface area contributed by atoms with E-state index in [4.69, 9.17) is 9.08 Å². The molecular formula is C14H26BN4O6PS. The molecule has 152 valence electrons. The Kier molecular flexibility index (Phi) is 7.93. The smallest absolute Gasteiger partial charge is 0.358 e. The summed E-state index contributed by atoms with van der Waals surface area (Å²) in [5.74, 6) is -1.47. The summed E-state index contributed by atoms with van der Waals surface area (Å²) in [6.45, 7) is 4.69. The summed E-state index contributed by atoms with van der Waals surface area (Å²) >= 11 is -2.08. The molecule has 0 aromatic heterocycles. The number of nitrogens with one attached hydrogen (secondary N) is 2. The van der Waals surface area contributed by atoms with Crippen LogP contribution >= 0.6 is 8.96 Å². The SMILES string of the molecule is BNPOC(=O)C1=C(CN(C)CCNS(=O)O)[C@H](C)[C@@H]2[C@@H]([C@@H](C)O)C(=O)N12. The van der Waals surface area contributed by atoms with Gasteiger partial charge in [0.2, 0.25) is 17.2 Å². The van der Waals surface area contributed by atoms with Gasteiger partial charge in [-0.2, -0.15) is 0 Å². The van der Waals surface area contributed by atoms with E-state index >= 15 is 0 Å². The topological polar surface area (TPSA) is 131 Å². The zero-order valence-electron chi connectivity index (χ0n) is 15.8. The first-order chi connectivity index (χ1) is 12.7. The van der Waals surface area contributed by atoms with Crippen LogP contribution in [0.4, 0.5) is 0 Å². The minimum atomic E-state index is -2.08. The molecule has 2 rings (SSSR count). The van der Waals surface area contributed by atoms with Gasteiger partial charge in [0.25, 0.3) is 0 Å². The monoisotopic (exact) mass is 420 g/mol.